The first kappa shape index (κ1) is 16.6. The first-order valence-corrected chi connectivity index (χ1v) is 9.44. The number of likely N-dealkylation sites (tertiary alicyclic amines) is 2. The lowest BCUT2D eigenvalue weighted by Crippen LogP contribution is -2.62. The van der Waals surface area contributed by atoms with Crippen molar-refractivity contribution in [3.63, 3.8) is 0 Å². The molecule has 24 heavy (non-hydrogen) atoms. The minimum absolute atomic E-state index is 0.105. The lowest BCUT2D eigenvalue weighted by atomic mass is 10.1. The second kappa shape index (κ2) is 6.35. The molecule has 7 nitrogen and oxygen atoms in total. The number of rotatable bonds is 5. The molecule has 0 spiro atoms. The van der Waals surface area contributed by atoms with E-state index in [9.17, 15) is 22.8 Å². The molecule has 128 valence electrons. The van der Waals surface area contributed by atoms with Gasteiger partial charge in [0.2, 0.25) is 17.7 Å². The number of sulfone groups is 1. The van der Waals surface area contributed by atoms with E-state index in [1.54, 1.807) is 18.2 Å². The molecule has 0 aliphatic carbocycles. The first-order chi connectivity index (χ1) is 11.4. The molecule has 3 rings (SSSR count). The predicted octanol–water partition coefficient (Wildman–Crippen LogP) is 0.210. The molecule has 2 saturated heterocycles. The van der Waals surface area contributed by atoms with Crippen LogP contribution in [-0.4, -0.2) is 60.8 Å². The van der Waals surface area contributed by atoms with Crippen LogP contribution < -0.4 is 0 Å². The highest BCUT2D eigenvalue weighted by Gasteiger charge is 2.42. The van der Waals surface area contributed by atoms with E-state index in [1.165, 1.54) is 21.9 Å². The van der Waals surface area contributed by atoms with Crippen molar-refractivity contribution >= 4 is 27.6 Å². The molecule has 2 fully saturated rings. The van der Waals surface area contributed by atoms with Gasteiger partial charge in [0.25, 0.3) is 0 Å². The van der Waals surface area contributed by atoms with Crippen molar-refractivity contribution in [3.05, 3.63) is 30.3 Å². The van der Waals surface area contributed by atoms with Crippen LogP contribution in [0.15, 0.2) is 35.2 Å². The molecule has 2 aliphatic heterocycles. The average Bonchev–Trinajstić information content (AvgIpc) is 2.85. The summed E-state index contributed by atoms with van der Waals surface area (Å²) in [6, 6.07) is 7.75. The molecule has 0 radical (unpaired) electrons. The zero-order valence-electron chi connectivity index (χ0n) is 13.1. The highest BCUT2D eigenvalue weighted by atomic mass is 32.2. The SMILES string of the molecule is O=C(CCS(=O)(=O)c1ccccc1)N1CC(N2C(=O)CCC2=O)C1. The summed E-state index contributed by atoms with van der Waals surface area (Å²) >= 11 is 0. The highest BCUT2D eigenvalue weighted by molar-refractivity contribution is 7.91. The number of imide groups is 1. The Kier molecular flexibility index (Phi) is 4.40. The molecule has 0 aromatic heterocycles. The molecule has 1 aromatic carbocycles. The van der Waals surface area contributed by atoms with Gasteiger partial charge in [-0.05, 0) is 12.1 Å². The summed E-state index contributed by atoms with van der Waals surface area (Å²) in [6.07, 6.45) is 0.364. The van der Waals surface area contributed by atoms with E-state index >= 15 is 0 Å². The lowest BCUT2D eigenvalue weighted by molar-refractivity contribution is -0.151. The third-order valence-electron chi connectivity index (χ3n) is 4.36. The Balaban J connectivity index is 1.51. The van der Waals surface area contributed by atoms with Crippen molar-refractivity contribution in [1.82, 2.24) is 9.80 Å². The van der Waals surface area contributed by atoms with E-state index < -0.39 is 9.84 Å². The van der Waals surface area contributed by atoms with Gasteiger partial charge in [-0.3, -0.25) is 19.3 Å². The molecule has 3 amide bonds. The summed E-state index contributed by atoms with van der Waals surface area (Å²) in [5, 5.41) is 0. The summed E-state index contributed by atoms with van der Waals surface area (Å²) in [4.78, 5) is 38.3. The Morgan fingerprint density at radius 2 is 1.62 bits per heavy atom. The molecule has 0 atom stereocenters. The fraction of sp³-hybridized carbons (Fsp3) is 0.438. The van der Waals surface area contributed by atoms with Crippen LogP contribution in [0.4, 0.5) is 0 Å². The largest absolute Gasteiger partial charge is 0.338 e. The van der Waals surface area contributed by atoms with E-state index in [-0.39, 0.29) is 53.7 Å². The monoisotopic (exact) mass is 350 g/mol. The van der Waals surface area contributed by atoms with Crippen LogP contribution in [-0.2, 0) is 24.2 Å². The van der Waals surface area contributed by atoms with E-state index in [0.717, 1.165) is 0 Å². The molecule has 2 aliphatic rings. The van der Waals surface area contributed by atoms with Gasteiger partial charge >= 0.3 is 0 Å². The van der Waals surface area contributed by atoms with Crippen LogP contribution >= 0.6 is 0 Å². The van der Waals surface area contributed by atoms with Crippen LogP contribution in [0.1, 0.15) is 19.3 Å². The zero-order valence-corrected chi connectivity index (χ0v) is 13.9. The van der Waals surface area contributed by atoms with Crippen LogP contribution in [0.5, 0.6) is 0 Å². The van der Waals surface area contributed by atoms with Gasteiger partial charge in [-0.1, -0.05) is 18.2 Å². The molecule has 0 bridgehead atoms. The number of carbonyl (C=O) groups excluding carboxylic acids is 3. The molecule has 2 heterocycles. The Morgan fingerprint density at radius 1 is 1.04 bits per heavy atom. The predicted molar refractivity (Wildman–Crippen MR) is 84.6 cm³/mol. The second-order valence-corrected chi connectivity index (χ2v) is 8.10. The zero-order chi connectivity index (χ0) is 17.3. The van der Waals surface area contributed by atoms with Crippen molar-refractivity contribution in [2.24, 2.45) is 0 Å². The van der Waals surface area contributed by atoms with E-state index in [2.05, 4.69) is 0 Å². The van der Waals surface area contributed by atoms with Gasteiger partial charge < -0.3 is 4.90 Å². The van der Waals surface area contributed by atoms with Gasteiger partial charge in [-0.2, -0.15) is 0 Å². The number of carbonyl (C=O) groups is 3. The summed E-state index contributed by atoms with van der Waals surface area (Å²) in [5.41, 5.74) is 0. The summed E-state index contributed by atoms with van der Waals surface area (Å²) < 4.78 is 24.3. The first-order valence-electron chi connectivity index (χ1n) is 7.79. The average molecular weight is 350 g/mol. The number of benzene rings is 1. The smallest absolute Gasteiger partial charge is 0.230 e. The van der Waals surface area contributed by atoms with Gasteiger partial charge in [0.1, 0.15) is 0 Å². The van der Waals surface area contributed by atoms with Crippen LogP contribution in [0.25, 0.3) is 0 Å². The molecular formula is C16H18N2O5S. The van der Waals surface area contributed by atoms with Gasteiger partial charge in [0, 0.05) is 32.4 Å². The van der Waals surface area contributed by atoms with Crippen molar-refractivity contribution in [2.75, 3.05) is 18.8 Å². The van der Waals surface area contributed by atoms with E-state index in [4.69, 9.17) is 0 Å². The fourth-order valence-corrected chi connectivity index (χ4v) is 4.20. The van der Waals surface area contributed by atoms with Crippen molar-refractivity contribution in [3.8, 4) is 0 Å². The number of hydrogen-bond donors (Lipinski definition) is 0. The number of amides is 3. The van der Waals surface area contributed by atoms with E-state index in [0.29, 0.717) is 13.1 Å². The van der Waals surface area contributed by atoms with Crippen LogP contribution in [0.2, 0.25) is 0 Å². The number of hydrogen-bond acceptors (Lipinski definition) is 5. The summed E-state index contributed by atoms with van der Waals surface area (Å²) in [5.74, 6) is -0.907. The Hall–Kier alpha value is -2.22. The maximum Gasteiger partial charge on any atom is 0.230 e. The topological polar surface area (TPSA) is 91.8 Å². The van der Waals surface area contributed by atoms with Crippen molar-refractivity contribution < 1.29 is 22.8 Å². The summed E-state index contributed by atoms with van der Waals surface area (Å²) in [7, 11) is -3.49. The molecule has 0 saturated carbocycles. The molecule has 0 unspecified atom stereocenters. The third kappa shape index (κ3) is 3.19. The normalized spacial score (nSPS) is 18.8. The molecule has 8 heteroatoms. The maximum atomic E-state index is 12.2. The van der Waals surface area contributed by atoms with Crippen molar-refractivity contribution in [1.29, 1.82) is 0 Å². The number of nitrogens with zero attached hydrogens (tertiary/aromatic N) is 2. The standard InChI is InChI=1S/C16H18N2O5S/c19-14(8-9-24(22,23)13-4-2-1-3-5-13)17-10-12(11-17)18-15(20)6-7-16(18)21/h1-5,12H,6-11H2. The van der Waals surface area contributed by atoms with Crippen LogP contribution in [0.3, 0.4) is 0 Å². The van der Waals surface area contributed by atoms with Crippen LogP contribution in [0, 0.1) is 0 Å². The lowest BCUT2D eigenvalue weighted by Gasteiger charge is -2.43. The van der Waals surface area contributed by atoms with E-state index in [1.807, 2.05) is 0 Å². The Labute approximate surface area is 140 Å². The third-order valence-corrected chi connectivity index (χ3v) is 6.09. The quantitative estimate of drug-likeness (QED) is 0.708. The van der Waals surface area contributed by atoms with Gasteiger partial charge in [0.05, 0.1) is 16.7 Å². The minimum atomic E-state index is -3.49. The van der Waals surface area contributed by atoms with Gasteiger partial charge in [0.15, 0.2) is 9.84 Å². The second-order valence-electron chi connectivity index (χ2n) is 5.99. The van der Waals surface area contributed by atoms with Gasteiger partial charge in [-0.15, -0.1) is 0 Å². The summed E-state index contributed by atoms with van der Waals surface area (Å²) in [6.45, 7) is 0.587. The van der Waals surface area contributed by atoms with Crippen molar-refractivity contribution in [2.45, 2.75) is 30.2 Å². The maximum absolute atomic E-state index is 12.2. The minimum Gasteiger partial charge on any atom is -0.338 e. The highest BCUT2D eigenvalue weighted by Crippen LogP contribution is 2.23. The molecular weight excluding hydrogens is 332 g/mol. The fourth-order valence-electron chi connectivity index (χ4n) is 2.95. The van der Waals surface area contributed by atoms with Gasteiger partial charge in [-0.25, -0.2) is 8.42 Å². The molecule has 1 aromatic rings. The Morgan fingerprint density at radius 3 is 2.21 bits per heavy atom. The molecule has 0 N–H and O–H groups in total. The Bertz CT molecular complexity index is 753.